The summed E-state index contributed by atoms with van der Waals surface area (Å²) in [5.41, 5.74) is 2.32. The molecule has 0 aromatic heterocycles. The molecule has 2 aromatic carbocycles. The van der Waals surface area contributed by atoms with E-state index < -0.39 is 0 Å². The lowest BCUT2D eigenvalue weighted by Gasteiger charge is -2.23. The predicted molar refractivity (Wildman–Crippen MR) is 81.2 cm³/mol. The molecule has 0 radical (unpaired) electrons. The van der Waals surface area contributed by atoms with Crippen molar-refractivity contribution in [1.82, 2.24) is 5.32 Å². The smallest absolute Gasteiger partial charge is 0.258 e. The van der Waals surface area contributed by atoms with Crippen LogP contribution in [-0.2, 0) is 0 Å². The van der Waals surface area contributed by atoms with Crippen LogP contribution >= 0.6 is 0 Å². The highest BCUT2D eigenvalue weighted by atomic mass is 16.6. The molecule has 0 unspecified atom stereocenters. The number of fused-ring (bicyclic) bond motifs is 2. The molecule has 1 N–H and O–H groups in total. The van der Waals surface area contributed by atoms with Crippen molar-refractivity contribution in [3.05, 3.63) is 41.5 Å². The van der Waals surface area contributed by atoms with Crippen molar-refractivity contribution in [2.45, 2.75) is 0 Å². The fourth-order valence-electron chi connectivity index (χ4n) is 2.84. The molecule has 116 valence electrons. The molecule has 2 aromatic rings. The van der Waals surface area contributed by atoms with Gasteiger partial charge in [0.15, 0.2) is 11.5 Å². The molecule has 23 heavy (non-hydrogen) atoms. The predicted octanol–water partition coefficient (Wildman–Crippen LogP) is 2.02. The van der Waals surface area contributed by atoms with E-state index in [1.807, 2.05) is 6.07 Å². The fraction of sp³-hybridized carbons (Fsp3) is 0.176. The van der Waals surface area contributed by atoms with Crippen LogP contribution in [0.1, 0.15) is 20.7 Å². The highest BCUT2D eigenvalue weighted by Crippen LogP contribution is 2.46. The number of hydrogen-bond acceptors (Lipinski definition) is 5. The van der Waals surface area contributed by atoms with Gasteiger partial charge in [-0.15, -0.1) is 0 Å². The largest absolute Gasteiger partial charge is 0.493 e. The maximum atomic E-state index is 11.8. The van der Waals surface area contributed by atoms with Crippen LogP contribution in [0, 0.1) is 0 Å². The van der Waals surface area contributed by atoms with Gasteiger partial charge in [0.2, 0.25) is 5.75 Å². The number of rotatable bonds is 2. The minimum atomic E-state index is -0.383. The SMILES string of the molecule is COc1ccc(-c2ccc3c(c2)C(=O)NC3=O)c2c1OCCO2. The Labute approximate surface area is 132 Å². The molecule has 0 spiro atoms. The molecule has 0 saturated carbocycles. The summed E-state index contributed by atoms with van der Waals surface area (Å²) in [6.07, 6.45) is 0. The number of hydrogen-bond donors (Lipinski definition) is 1. The molecule has 2 aliphatic rings. The summed E-state index contributed by atoms with van der Waals surface area (Å²) >= 11 is 0. The first-order chi connectivity index (χ1) is 11.2. The zero-order valence-corrected chi connectivity index (χ0v) is 12.3. The lowest BCUT2D eigenvalue weighted by atomic mass is 9.98. The number of nitrogens with one attached hydrogen (secondary N) is 1. The third-order valence-electron chi connectivity index (χ3n) is 3.92. The van der Waals surface area contributed by atoms with E-state index in [-0.39, 0.29) is 11.8 Å². The third-order valence-corrected chi connectivity index (χ3v) is 3.92. The van der Waals surface area contributed by atoms with E-state index in [9.17, 15) is 9.59 Å². The van der Waals surface area contributed by atoms with Crippen molar-refractivity contribution >= 4 is 11.8 Å². The quantitative estimate of drug-likeness (QED) is 0.859. The minimum Gasteiger partial charge on any atom is -0.493 e. The molecule has 0 saturated heterocycles. The van der Waals surface area contributed by atoms with E-state index >= 15 is 0 Å². The van der Waals surface area contributed by atoms with Crippen LogP contribution < -0.4 is 19.5 Å². The molecule has 2 heterocycles. The van der Waals surface area contributed by atoms with E-state index in [1.54, 1.807) is 31.4 Å². The first-order valence-corrected chi connectivity index (χ1v) is 7.15. The van der Waals surface area contributed by atoms with Gasteiger partial charge in [0, 0.05) is 5.56 Å². The summed E-state index contributed by atoms with van der Waals surface area (Å²) in [5, 5.41) is 2.29. The van der Waals surface area contributed by atoms with Gasteiger partial charge in [-0.1, -0.05) is 6.07 Å². The van der Waals surface area contributed by atoms with Gasteiger partial charge in [0.05, 0.1) is 18.2 Å². The number of imide groups is 1. The molecular formula is C17H13NO5. The molecular weight excluding hydrogens is 298 g/mol. The van der Waals surface area contributed by atoms with Gasteiger partial charge < -0.3 is 14.2 Å². The summed E-state index contributed by atoms with van der Waals surface area (Å²) in [5.74, 6) is 0.981. The summed E-state index contributed by atoms with van der Waals surface area (Å²) in [7, 11) is 1.57. The molecule has 0 atom stereocenters. The van der Waals surface area contributed by atoms with Crippen molar-refractivity contribution in [3.63, 3.8) is 0 Å². The molecule has 0 aliphatic carbocycles. The minimum absolute atomic E-state index is 0.368. The van der Waals surface area contributed by atoms with Gasteiger partial charge >= 0.3 is 0 Å². The second-order valence-corrected chi connectivity index (χ2v) is 5.21. The fourth-order valence-corrected chi connectivity index (χ4v) is 2.84. The third kappa shape index (κ3) is 2.03. The van der Waals surface area contributed by atoms with Gasteiger partial charge in [-0.3, -0.25) is 14.9 Å². The first-order valence-electron chi connectivity index (χ1n) is 7.15. The lowest BCUT2D eigenvalue weighted by molar-refractivity contribution is 0.0879. The number of carbonyl (C=O) groups is 2. The molecule has 6 nitrogen and oxygen atoms in total. The maximum absolute atomic E-state index is 11.8. The second-order valence-electron chi connectivity index (χ2n) is 5.21. The average molecular weight is 311 g/mol. The Hall–Kier alpha value is -3.02. The van der Waals surface area contributed by atoms with Crippen molar-refractivity contribution in [1.29, 1.82) is 0 Å². The Kier molecular flexibility index (Phi) is 2.97. The molecule has 2 amide bonds. The highest BCUT2D eigenvalue weighted by molar-refractivity contribution is 6.21. The van der Waals surface area contributed by atoms with Crippen molar-refractivity contribution in [2.75, 3.05) is 20.3 Å². The molecule has 0 bridgehead atoms. The normalized spacial score (nSPS) is 15.2. The average Bonchev–Trinajstić information content (AvgIpc) is 2.87. The topological polar surface area (TPSA) is 73.9 Å². The van der Waals surface area contributed by atoms with Gasteiger partial charge in [-0.2, -0.15) is 0 Å². The first kappa shape index (κ1) is 13.6. The number of ether oxygens (including phenoxy) is 3. The van der Waals surface area contributed by atoms with Crippen LogP contribution in [0.25, 0.3) is 11.1 Å². The summed E-state index contributed by atoms with van der Waals surface area (Å²) < 4.78 is 16.7. The zero-order chi connectivity index (χ0) is 16.0. The van der Waals surface area contributed by atoms with E-state index in [0.29, 0.717) is 41.6 Å². The van der Waals surface area contributed by atoms with E-state index in [0.717, 1.165) is 11.1 Å². The number of amides is 2. The Balaban J connectivity index is 1.88. The highest BCUT2D eigenvalue weighted by Gasteiger charge is 2.28. The maximum Gasteiger partial charge on any atom is 0.258 e. The van der Waals surface area contributed by atoms with Crippen LogP contribution in [0.5, 0.6) is 17.2 Å². The lowest BCUT2D eigenvalue weighted by Crippen LogP contribution is -2.19. The van der Waals surface area contributed by atoms with E-state index in [1.165, 1.54) is 0 Å². The van der Waals surface area contributed by atoms with Crippen molar-refractivity contribution < 1.29 is 23.8 Å². The van der Waals surface area contributed by atoms with Crippen molar-refractivity contribution in [3.8, 4) is 28.4 Å². The number of carbonyl (C=O) groups excluding carboxylic acids is 2. The number of methoxy groups -OCH3 is 1. The Morgan fingerprint density at radius 1 is 0.913 bits per heavy atom. The van der Waals surface area contributed by atoms with Gasteiger partial charge in [0.1, 0.15) is 13.2 Å². The van der Waals surface area contributed by atoms with E-state index in [2.05, 4.69) is 5.32 Å². The molecule has 0 fully saturated rings. The zero-order valence-electron chi connectivity index (χ0n) is 12.3. The monoisotopic (exact) mass is 311 g/mol. The van der Waals surface area contributed by atoms with E-state index in [4.69, 9.17) is 14.2 Å². The molecule has 2 aliphatic heterocycles. The summed E-state index contributed by atoms with van der Waals surface area (Å²) in [6, 6.07) is 8.77. The Morgan fingerprint density at radius 3 is 2.39 bits per heavy atom. The van der Waals surface area contributed by atoms with Crippen LogP contribution in [0.2, 0.25) is 0 Å². The van der Waals surface area contributed by atoms with Crippen molar-refractivity contribution in [2.24, 2.45) is 0 Å². The van der Waals surface area contributed by atoms with Crippen LogP contribution in [-0.4, -0.2) is 32.1 Å². The summed E-state index contributed by atoms with van der Waals surface area (Å²) in [4.78, 5) is 23.5. The molecule has 6 heteroatoms. The van der Waals surface area contributed by atoms with Gasteiger partial charge in [0.25, 0.3) is 11.8 Å². The van der Waals surface area contributed by atoms with Crippen LogP contribution in [0.15, 0.2) is 30.3 Å². The number of benzene rings is 2. The summed E-state index contributed by atoms with van der Waals surface area (Å²) in [6.45, 7) is 0.894. The standard InChI is InChI=1S/C17H13NO5/c1-21-13-5-4-10(14-15(13)23-7-6-22-14)9-2-3-11-12(8-9)17(20)18-16(11)19/h2-5,8H,6-7H2,1H3,(H,18,19,20). The Morgan fingerprint density at radius 2 is 1.61 bits per heavy atom. The van der Waals surface area contributed by atoms with Gasteiger partial charge in [-0.25, -0.2) is 0 Å². The second kappa shape index (κ2) is 5.01. The van der Waals surface area contributed by atoms with Gasteiger partial charge in [-0.05, 0) is 29.8 Å². The van der Waals surface area contributed by atoms with Crippen LogP contribution in [0.4, 0.5) is 0 Å². The Bertz CT molecular complexity index is 843. The molecule has 4 rings (SSSR count). The van der Waals surface area contributed by atoms with Crippen LogP contribution in [0.3, 0.4) is 0 Å².